The summed E-state index contributed by atoms with van der Waals surface area (Å²) in [7, 11) is 0. The van der Waals surface area contributed by atoms with Crippen molar-refractivity contribution >= 4 is 28.9 Å². The molecule has 5 nitrogen and oxygen atoms in total. The fraction of sp³-hybridized carbons (Fsp3) is 0. The molecule has 2 aromatic rings. The minimum absolute atomic E-state index is 0.0771. The minimum atomic E-state index is -1.07. The predicted octanol–water partition coefficient (Wildman–Crippen LogP) is 3.53. The van der Waals surface area contributed by atoms with Gasteiger partial charge in [0.15, 0.2) is 0 Å². The summed E-state index contributed by atoms with van der Waals surface area (Å²) in [5, 5.41) is 27.8. The normalized spacial score (nSPS) is 10.8. The van der Waals surface area contributed by atoms with Gasteiger partial charge in [-0.1, -0.05) is 23.7 Å². The van der Waals surface area contributed by atoms with Crippen LogP contribution in [0.15, 0.2) is 52.7 Å². The molecule has 0 saturated heterocycles. The number of carboxylic acid groups (broad SMARTS) is 1. The van der Waals surface area contributed by atoms with Gasteiger partial charge < -0.3 is 10.2 Å². The van der Waals surface area contributed by atoms with E-state index in [1.807, 2.05) is 0 Å². The summed E-state index contributed by atoms with van der Waals surface area (Å²) in [5.41, 5.74) is 0.817. The van der Waals surface area contributed by atoms with E-state index in [9.17, 15) is 9.90 Å². The van der Waals surface area contributed by atoms with Gasteiger partial charge in [-0.05, 0) is 30.3 Å². The third kappa shape index (κ3) is 3.29. The van der Waals surface area contributed by atoms with Crippen LogP contribution in [0.5, 0.6) is 5.75 Å². The van der Waals surface area contributed by atoms with Gasteiger partial charge in [0.1, 0.15) is 5.69 Å². The smallest absolute Gasteiger partial charge is 0.335 e. The lowest BCUT2D eigenvalue weighted by Crippen LogP contribution is -1.94. The van der Waals surface area contributed by atoms with Crippen molar-refractivity contribution in [2.24, 2.45) is 10.2 Å². The van der Waals surface area contributed by atoms with Gasteiger partial charge in [0, 0.05) is 0 Å². The van der Waals surface area contributed by atoms with Crippen molar-refractivity contribution < 1.29 is 15.0 Å². The molecule has 0 aliphatic carbocycles. The van der Waals surface area contributed by atoms with E-state index in [0.717, 1.165) is 0 Å². The molecule has 0 heterocycles. The molecule has 0 atom stereocenters. The first-order valence-electron chi connectivity index (χ1n) is 5.28. The van der Waals surface area contributed by atoms with Crippen molar-refractivity contribution in [3.8, 4) is 5.75 Å². The van der Waals surface area contributed by atoms with Gasteiger partial charge in [-0.15, -0.1) is 10.9 Å². The predicted molar refractivity (Wildman–Crippen MR) is 68.5 cm³/mol. The molecule has 96 valence electrons. The Morgan fingerprint density at radius 2 is 1.79 bits per heavy atom. The van der Waals surface area contributed by atoms with Gasteiger partial charge in [0.2, 0.25) is 0 Å². The molecule has 0 aliphatic rings. The molecule has 1 N–H and O–H groups in total. The molecule has 0 radical (unpaired) electrons. The van der Waals surface area contributed by atoms with Gasteiger partial charge in [-0.2, -0.15) is 5.11 Å². The molecule has 19 heavy (non-hydrogen) atoms. The van der Waals surface area contributed by atoms with Crippen LogP contribution in [0.1, 0.15) is 10.4 Å². The van der Waals surface area contributed by atoms with E-state index >= 15 is 0 Å². The van der Waals surface area contributed by atoms with E-state index in [0.29, 0.717) is 10.7 Å². The Morgan fingerprint density at radius 3 is 2.42 bits per heavy atom. The van der Waals surface area contributed by atoms with Crippen molar-refractivity contribution in [1.82, 2.24) is 0 Å². The summed E-state index contributed by atoms with van der Waals surface area (Å²) in [6, 6.07) is 9.92. The molecule has 2 rings (SSSR count). The largest absolute Gasteiger partial charge is 0.872 e. The quantitative estimate of drug-likeness (QED) is 0.870. The zero-order chi connectivity index (χ0) is 13.8. The first-order valence-corrected chi connectivity index (χ1v) is 5.66. The highest BCUT2D eigenvalue weighted by Crippen LogP contribution is 2.28. The third-order valence-electron chi connectivity index (χ3n) is 2.30. The van der Waals surface area contributed by atoms with Crippen molar-refractivity contribution in [2.75, 3.05) is 0 Å². The highest BCUT2D eigenvalue weighted by molar-refractivity contribution is 6.33. The highest BCUT2D eigenvalue weighted by Gasteiger charge is 2.06. The lowest BCUT2D eigenvalue weighted by atomic mass is 10.2. The number of azo groups is 1. The van der Waals surface area contributed by atoms with Crippen LogP contribution in [0.25, 0.3) is 0 Å². The molecule has 0 bridgehead atoms. The highest BCUT2D eigenvalue weighted by atomic mass is 35.5. The molecule has 0 aliphatic heterocycles. The van der Waals surface area contributed by atoms with Crippen LogP contribution >= 0.6 is 11.6 Å². The summed E-state index contributed by atoms with van der Waals surface area (Å²) in [4.78, 5) is 10.8. The topological polar surface area (TPSA) is 85.1 Å². The zero-order valence-corrected chi connectivity index (χ0v) is 10.3. The Hall–Kier alpha value is -2.40. The first kappa shape index (κ1) is 13.0. The van der Waals surface area contributed by atoms with Crippen LogP contribution in [-0.2, 0) is 0 Å². The lowest BCUT2D eigenvalue weighted by molar-refractivity contribution is -0.268. The van der Waals surface area contributed by atoms with Crippen LogP contribution in [-0.4, -0.2) is 11.1 Å². The number of aromatic carboxylic acids is 1. The summed E-state index contributed by atoms with van der Waals surface area (Å²) < 4.78 is 0. The second-order valence-corrected chi connectivity index (χ2v) is 4.07. The number of benzene rings is 2. The number of carbonyl (C=O) groups is 1. The van der Waals surface area contributed by atoms with Crippen LogP contribution in [0.4, 0.5) is 11.4 Å². The third-order valence-corrected chi connectivity index (χ3v) is 2.62. The summed E-state index contributed by atoms with van der Waals surface area (Å²) in [6.07, 6.45) is 0. The Balaban J connectivity index is 2.29. The standard InChI is InChI=1S/C13H9ClN2O3/c14-11-6-1-8(13(18)19)7-12(11)16-15-9-2-4-10(17)5-3-9/h1-7,17H,(H,18,19)/p-1. The maximum Gasteiger partial charge on any atom is 0.335 e. The summed E-state index contributed by atoms with van der Waals surface area (Å²) >= 11 is 5.90. The molecule has 0 amide bonds. The van der Waals surface area contributed by atoms with Crippen molar-refractivity contribution in [2.45, 2.75) is 0 Å². The summed E-state index contributed by atoms with van der Waals surface area (Å²) in [5.74, 6) is -1.19. The molecule has 0 fully saturated rings. The molecular formula is C13H8ClN2O3-. The number of halogens is 1. The van der Waals surface area contributed by atoms with Gasteiger partial charge in [0.25, 0.3) is 0 Å². The molecule has 2 aromatic carbocycles. The molecule has 6 heteroatoms. The van der Waals surface area contributed by atoms with Crippen LogP contribution < -0.4 is 5.11 Å². The maximum absolute atomic E-state index is 10.9. The van der Waals surface area contributed by atoms with Crippen LogP contribution in [0.3, 0.4) is 0 Å². The van der Waals surface area contributed by atoms with Gasteiger partial charge in [0.05, 0.1) is 16.3 Å². The second-order valence-electron chi connectivity index (χ2n) is 3.67. The zero-order valence-electron chi connectivity index (χ0n) is 9.58. The summed E-state index contributed by atoms with van der Waals surface area (Å²) in [6.45, 7) is 0. The van der Waals surface area contributed by atoms with Gasteiger partial charge >= 0.3 is 5.97 Å². The molecule has 0 saturated carbocycles. The molecule has 0 unspecified atom stereocenters. The Labute approximate surface area is 113 Å². The SMILES string of the molecule is O=C(O)c1ccc(Cl)c(N=Nc2ccc([O-])cc2)c1. The van der Waals surface area contributed by atoms with Crippen LogP contribution in [0.2, 0.25) is 5.02 Å². The van der Waals surface area contributed by atoms with Crippen molar-refractivity contribution in [3.05, 3.63) is 53.1 Å². The van der Waals surface area contributed by atoms with Gasteiger partial charge in [-0.25, -0.2) is 4.79 Å². The number of rotatable bonds is 3. The molecular weight excluding hydrogens is 268 g/mol. The van der Waals surface area contributed by atoms with Gasteiger partial charge in [-0.3, -0.25) is 0 Å². The van der Waals surface area contributed by atoms with E-state index in [-0.39, 0.29) is 17.0 Å². The van der Waals surface area contributed by atoms with E-state index in [2.05, 4.69) is 10.2 Å². The lowest BCUT2D eigenvalue weighted by Gasteiger charge is -2.02. The second kappa shape index (κ2) is 5.49. The Morgan fingerprint density at radius 1 is 1.11 bits per heavy atom. The van der Waals surface area contributed by atoms with E-state index < -0.39 is 5.97 Å². The van der Waals surface area contributed by atoms with Crippen LogP contribution in [0, 0.1) is 0 Å². The monoisotopic (exact) mass is 275 g/mol. The Kier molecular flexibility index (Phi) is 3.77. The number of hydrogen-bond donors (Lipinski definition) is 1. The number of hydrogen-bond acceptors (Lipinski definition) is 4. The Bertz CT molecular complexity index is 639. The fourth-order valence-corrected chi connectivity index (χ4v) is 1.50. The number of nitrogens with zero attached hydrogens (tertiary/aromatic N) is 2. The van der Waals surface area contributed by atoms with E-state index in [4.69, 9.17) is 16.7 Å². The fourth-order valence-electron chi connectivity index (χ4n) is 1.35. The maximum atomic E-state index is 10.9. The van der Waals surface area contributed by atoms with E-state index in [1.165, 1.54) is 42.5 Å². The average molecular weight is 276 g/mol. The average Bonchev–Trinajstić information content (AvgIpc) is 2.39. The molecule has 0 aromatic heterocycles. The van der Waals surface area contributed by atoms with Crippen molar-refractivity contribution in [3.63, 3.8) is 0 Å². The molecule has 0 spiro atoms. The minimum Gasteiger partial charge on any atom is -0.872 e. The van der Waals surface area contributed by atoms with E-state index in [1.54, 1.807) is 0 Å². The van der Waals surface area contributed by atoms with Crippen molar-refractivity contribution in [1.29, 1.82) is 0 Å². The number of carboxylic acids is 1. The first-order chi connectivity index (χ1) is 9.06.